The standard InChI is InChI=1S/C17H17F3N2OS2/c1-4-11(2)10-24-17-12(3)16(21-15(9-23)22-17)13-5-7-14(8-6-13)25(18,19)20/h5-10H,4H2,1-3H3/b11-10+. The van der Waals surface area contributed by atoms with E-state index in [2.05, 4.69) is 9.97 Å². The van der Waals surface area contributed by atoms with Crippen molar-refractivity contribution in [3.63, 3.8) is 0 Å². The molecule has 8 heteroatoms. The third-order valence-electron chi connectivity index (χ3n) is 3.55. The van der Waals surface area contributed by atoms with Gasteiger partial charge in [-0.15, -0.1) is 11.7 Å². The largest absolute Gasteiger partial charge is 0.294 e. The lowest BCUT2D eigenvalue weighted by Gasteiger charge is -2.12. The predicted octanol–water partition coefficient (Wildman–Crippen LogP) is 6.49. The van der Waals surface area contributed by atoms with Crippen molar-refractivity contribution >= 4 is 29.2 Å². The average Bonchev–Trinajstić information content (AvgIpc) is 2.59. The summed E-state index contributed by atoms with van der Waals surface area (Å²) in [5.41, 5.74) is 2.87. The highest BCUT2D eigenvalue weighted by molar-refractivity contribution is 8.20. The van der Waals surface area contributed by atoms with Crippen LogP contribution in [-0.2, 0) is 0 Å². The molecule has 3 nitrogen and oxygen atoms in total. The van der Waals surface area contributed by atoms with Gasteiger partial charge in [0.15, 0.2) is 12.1 Å². The fraction of sp³-hybridized carbons (Fsp3) is 0.235. The summed E-state index contributed by atoms with van der Waals surface area (Å²) in [6.07, 6.45) is 1.43. The lowest BCUT2D eigenvalue weighted by molar-refractivity contribution is 0.111. The van der Waals surface area contributed by atoms with Crippen LogP contribution < -0.4 is 0 Å². The van der Waals surface area contributed by atoms with Gasteiger partial charge in [0, 0.05) is 11.1 Å². The highest BCUT2D eigenvalue weighted by Crippen LogP contribution is 2.60. The summed E-state index contributed by atoms with van der Waals surface area (Å²) < 4.78 is 38.4. The first-order valence-corrected chi connectivity index (χ1v) is 9.66. The smallest absolute Gasteiger partial charge is 0.237 e. The second-order valence-corrected chi connectivity index (χ2v) is 7.49. The van der Waals surface area contributed by atoms with Gasteiger partial charge in [0.1, 0.15) is 5.03 Å². The maximum absolute atomic E-state index is 12.8. The zero-order valence-corrected chi connectivity index (χ0v) is 15.6. The van der Waals surface area contributed by atoms with Crippen LogP contribution in [0.2, 0.25) is 0 Å². The van der Waals surface area contributed by atoms with Crippen molar-refractivity contribution in [3.8, 4) is 11.3 Å². The molecule has 0 spiro atoms. The normalized spacial score (nSPS) is 13.0. The Morgan fingerprint density at radius 1 is 1.20 bits per heavy atom. The summed E-state index contributed by atoms with van der Waals surface area (Å²) in [5, 5.41) is 2.56. The zero-order chi connectivity index (χ0) is 18.6. The molecule has 0 atom stereocenters. The SMILES string of the molecule is CC/C(C)=C/Sc1nc(C=O)nc(-c2ccc(S(F)(F)F)cc2)c1C. The van der Waals surface area contributed by atoms with Crippen LogP contribution in [0.15, 0.2) is 45.2 Å². The number of allylic oxidation sites excluding steroid dienone is 1. The minimum atomic E-state index is -5.25. The number of aromatic nitrogens is 2. The molecule has 0 saturated carbocycles. The Kier molecular flexibility index (Phi) is 6.29. The lowest BCUT2D eigenvalue weighted by Crippen LogP contribution is -2.01. The van der Waals surface area contributed by atoms with E-state index >= 15 is 0 Å². The van der Waals surface area contributed by atoms with Crippen molar-refractivity contribution in [2.45, 2.75) is 37.1 Å². The molecule has 0 aliphatic heterocycles. The van der Waals surface area contributed by atoms with E-state index in [1.165, 1.54) is 23.9 Å². The van der Waals surface area contributed by atoms with E-state index in [-0.39, 0.29) is 5.82 Å². The summed E-state index contributed by atoms with van der Waals surface area (Å²) in [6, 6.07) is 4.84. The number of hydrogen-bond donors (Lipinski definition) is 0. The first kappa shape index (κ1) is 19.5. The number of nitrogens with zero attached hydrogens (tertiary/aromatic N) is 2. The van der Waals surface area contributed by atoms with E-state index in [0.717, 1.165) is 29.7 Å². The van der Waals surface area contributed by atoms with Gasteiger partial charge in [-0.25, -0.2) is 9.97 Å². The zero-order valence-electron chi connectivity index (χ0n) is 13.9. The first-order chi connectivity index (χ1) is 11.8. The molecular formula is C17H17F3N2OS2. The first-order valence-electron chi connectivity index (χ1n) is 7.45. The van der Waals surface area contributed by atoms with E-state index in [1.54, 1.807) is 6.92 Å². The van der Waals surface area contributed by atoms with Crippen molar-refractivity contribution in [3.05, 3.63) is 46.6 Å². The molecule has 0 N–H and O–H groups in total. The fourth-order valence-electron chi connectivity index (χ4n) is 1.97. The highest BCUT2D eigenvalue weighted by Gasteiger charge is 2.24. The molecule has 0 aliphatic rings. The van der Waals surface area contributed by atoms with Crippen LogP contribution in [0, 0.1) is 6.92 Å². The molecule has 0 aliphatic carbocycles. The maximum Gasteiger partial charge on any atom is 0.237 e. The number of carbonyl (C=O) groups excluding carboxylic acids is 1. The van der Waals surface area contributed by atoms with Crippen LogP contribution in [0.4, 0.5) is 11.7 Å². The van der Waals surface area contributed by atoms with Crippen LogP contribution in [0.5, 0.6) is 0 Å². The van der Waals surface area contributed by atoms with E-state index in [9.17, 15) is 16.5 Å². The van der Waals surface area contributed by atoms with Gasteiger partial charge in [-0.2, -0.15) is 0 Å². The molecule has 0 radical (unpaired) electrons. The van der Waals surface area contributed by atoms with E-state index in [1.807, 2.05) is 19.3 Å². The van der Waals surface area contributed by atoms with Gasteiger partial charge in [0.25, 0.3) is 0 Å². The van der Waals surface area contributed by atoms with Gasteiger partial charge in [-0.3, -0.25) is 4.79 Å². The summed E-state index contributed by atoms with van der Waals surface area (Å²) in [5.74, 6) is 0.0103. The number of halogens is 3. The molecule has 0 amide bonds. The Hall–Kier alpha value is -1.80. The molecular weight excluding hydrogens is 369 g/mol. The fourth-order valence-corrected chi connectivity index (χ4v) is 3.31. The molecule has 1 aromatic carbocycles. The topological polar surface area (TPSA) is 42.9 Å². The van der Waals surface area contributed by atoms with Crippen LogP contribution in [0.3, 0.4) is 0 Å². The van der Waals surface area contributed by atoms with E-state index < -0.39 is 16.1 Å². The summed E-state index contributed by atoms with van der Waals surface area (Å²) >= 11 is -3.88. The van der Waals surface area contributed by atoms with Gasteiger partial charge < -0.3 is 0 Å². The number of rotatable bonds is 6. The van der Waals surface area contributed by atoms with E-state index in [0.29, 0.717) is 22.6 Å². The molecule has 0 saturated heterocycles. The van der Waals surface area contributed by atoms with Crippen LogP contribution >= 0.6 is 22.9 Å². The van der Waals surface area contributed by atoms with Crippen LogP contribution in [-0.4, -0.2) is 16.3 Å². The molecule has 2 aromatic rings. The molecule has 134 valence electrons. The Balaban J connectivity index is 2.48. The monoisotopic (exact) mass is 386 g/mol. The van der Waals surface area contributed by atoms with Gasteiger partial charge >= 0.3 is 0 Å². The Labute approximate surface area is 151 Å². The Bertz CT molecular complexity index is 803. The number of aldehydes is 1. The van der Waals surface area contributed by atoms with Crippen LogP contribution in [0.25, 0.3) is 11.3 Å². The van der Waals surface area contributed by atoms with E-state index in [4.69, 9.17) is 0 Å². The summed E-state index contributed by atoms with van der Waals surface area (Å²) in [4.78, 5) is 18.9. The number of thioether (sulfide) groups is 1. The van der Waals surface area contributed by atoms with Crippen molar-refractivity contribution in [1.82, 2.24) is 9.97 Å². The highest BCUT2D eigenvalue weighted by atomic mass is 32.3. The Morgan fingerprint density at radius 2 is 1.84 bits per heavy atom. The average molecular weight is 386 g/mol. The number of carbonyl (C=O) groups is 1. The molecule has 25 heavy (non-hydrogen) atoms. The van der Waals surface area contributed by atoms with Gasteiger partial charge in [-0.05, 0) is 37.8 Å². The lowest BCUT2D eigenvalue weighted by atomic mass is 10.1. The summed E-state index contributed by atoms with van der Waals surface area (Å²) in [7, 11) is 0. The van der Waals surface area contributed by atoms with Gasteiger partial charge in [-0.1, -0.05) is 36.4 Å². The molecule has 1 heterocycles. The van der Waals surface area contributed by atoms with Crippen molar-refractivity contribution in [2.75, 3.05) is 0 Å². The Morgan fingerprint density at radius 3 is 2.36 bits per heavy atom. The molecule has 0 fully saturated rings. The predicted molar refractivity (Wildman–Crippen MR) is 96.7 cm³/mol. The van der Waals surface area contributed by atoms with Crippen molar-refractivity contribution in [2.24, 2.45) is 0 Å². The molecule has 0 bridgehead atoms. The third-order valence-corrected chi connectivity index (χ3v) is 5.50. The van der Waals surface area contributed by atoms with Crippen molar-refractivity contribution < 1.29 is 16.5 Å². The second-order valence-electron chi connectivity index (χ2n) is 5.34. The number of benzene rings is 1. The number of hydrogen-bond acceptors (Lipinski definition) is 4. The molecule has 1 aromatic heterocycles. The second kappa shape index (κ2) is 8.05. The quantitative estimate of drug-likeness (QED) is 0.323. The summed E-state index contributed by atoms with van der Waals surface area (Å²) in [6.45, 7) is 5.82. The van der Waals surface area contributed by atoms with Gasteiger partial charge in [0.2, 0.25) is 11.2 Å². The molecule has 2 rings (SSSR count). The third kappa shape index (κ3) is 4.85. The van der Waals surface area contributed by atoms with Crippen LogP contribution in [0.1, 0.15) is 36.5 Å². The van der Waals surface area contributed by atoms with Crippen molar-refractivity contribution in [1.29, 1.82) is 0 Å². The minimum absolute atomic E-state index is 0.0103. The maximum atomic E-state index is 12.8. The molecule has 0 unspecified atom stereocenters. The minimum Gasteiger partial charge on any atom is -0.294 e. The van der Waals surface area contributed by atoms with Gasteiger partial charge in [0.05, 0.1) is 10.6 Å².